The first-order valence-electron chi connectivity index (χ1n) is 6.93. The van der Waals surface area contributed by atoms with Crippen LogP contribution in [0.2, 0.25) is 0 Å². The van der Waals surface area contributed by atoms with E-state index in [0.717, 1.165) is 11.1 Å². The number of nitrogens with two attached hydrogens (primary N) is 1. The van der Waals surface area contributed by atoms with Crippen LogP contribution in [0.5, 0.6) is 0 Å². The molecule has 1 aromatic rings. The highest BCUT2D eigenvalue weighted by atomic mass is 19.4. The third-order valence-corrected chi connectivity index (χ3v) is 3.29. The minimum absolute atomic E-state index is 0.219. The molecular weight excluding hydrogens is 265 g/mol. The predicted molar refractivity (Wildman–Crippen MR) is 75.5 cm³/mol. The maximum absolute atomic E-state index is 12.5. The number of hydrogen-bond donors (Lipinski definition) is 1. The van der Waals surface area contributed by atoms with Crippen molar-refractivity contribution in [3.05, 3.63) is 35.4 Å². The van der Waals surface area contributed by atoms with Crippen molar-refractivity contribution in [3.8, 4) is 0 Å². The summed E-state index contributed by atoms with van der Waals surface area (Å²) in [5.74, 6) is 0. The van der Waals surface area contributed by atoms with Gasteiger partial charge in [0, 0.05) is 12.6 Å². The summed E-state index contributed by atoms with van der Waals surface area (Å²) < 4.78 is 37.4. The van der Waals surface area contributed by atoms with Crippen molar-refractivity contribution in [2.45, 2.75) is 38.9 Å². The highest BCUT2D eigenvalue weighted by Crippen LogP contribution is 2.21. The van der Waals surface area contributed by atoms with Crippen LogP contribution in [0.3, 0.4) is 0 Å². The number of hydrogen-bond acceptors (Lipinski definition) is 2. The van der Waals surface area contributed by atoms with Crippen molar-refractivity contribution in [3.63, 3.8) is 0 Å². The minimum atomic E-state index is -4.15. The maximum Gasteiger partial charge on any atom is 0.401 e. The number of benzene rings is 1. The Hall–Kier alpha value is -1.07. The SMILES string of the molecule is CCCN(CCC(N)c1ccccc1C)CC(F)(F)F. The molecule has 0 spiro atoms. The van der Waals surface area contributed by atoms with Gasteiger partial charge in [0.05, 0.1) is 6.54 Å². The summed E-state index contributed by atoms with van der Waals surface area (Å²) in [4.78, 5) is 1.43. The van der Waals surface area contributed by atoms with Crippen LogP contribution in [0.4, 0.5) is 13.2 Å². The first-order valence-corrected chi connectivity index (χ1v) is 6.93. The van der Waals surface area contributed by atoms with Gasteiger partial charge >= 0.3 is 6.18 Å². The van der Waals surface area contributed by atoms with Crippen molar-refractivity contribution in [2.24, 2.45) is 5.73 Å². The average molecular weight is 288 g/mol. The van der Waals surface area contributed by atoms with Gasteiger partial charge in [-0.2, -0.15) is 13.2 Å². The van der Waals surface area contributed by atoms with Crippen LogP contribution in [-0.2, 0) is 0 Å². The molecule has 1 aromatic carbocycles. The van der Waals surface area contributed by atoms with E-state index in [-0.39, 0.29) is 6.04 Å². The fraction of sp³-hybridized carbons (Fsp3) is 0.600. The molecule has 2 nitrogen and oxygen atoms in total. The van der Waals surface area contributed by atoms with Gasteiger partial charge in [-0.3, -0.25) is 4.90 Å². The summed E-state index contributed by atoms with van der Waals surface area (Å²) in [5.41, 5.74) is 8.19. The lowest BCUT2D eigenvalue weighted by atomic mass is 9.99. The van der Waals surface area contributed by atoms with E-state index in [9.17, 15) is 13.2 Å². The van der Waals surface area contributed by atoms with Crippen LogP contribution < -0.4 is 5.73 Å². The van der Waals surface area contributed by atoms with Crippen molar-refractivity contribution in [1.82, 2.24) is 4.90 Å². The van der Waals surface area contributed by atoms with E-state index in [4.69, 9.17) is 5.73 Å². The predicted octanol–water partition coefficient (Wildman–Crippen LogP) is 3.66. The average Bonchev–Trinajstić information content (AvgIpc) is 2.34. The molecule has 20 heavy (non-hydrogen) atoms. The molecule has 0 fully saturated rings. The van der Waals surface area contributed by atoms with E-state index in [1.54, 1.807) is 0 Å². The number of rotatable bonds is 7. The van der Waals surface area contributed by atoms with Gasteiger partial charge in [-0.25, -0.2) is 0 Å². The zero-order valence-electron chi connectivity index (χ0n) is 12.1. The van der Waals surface area contributed by atoms with Gasteiger partial charge in [0.25, 0.3) is 0 Å². The number of nitrogens with zero attached hydrogens (tertiary/aromatic N) is 1. The topological polar surface area (TPSA) is 29.3 Å². The summed E-state index contributed by atoms with van der Waals surface area (Å²) in [6, 6.07) is 7.52. The normalized spacial score (nSPS) is 13.8. The Morgan fingerprint density at radius 1 is 1.20 bits per heavy atom. The molecule has 0 aliphatic rings. The van der Waals surface area contributed by atoms with E-state index in [1.807, 2.05) is 38.1 Å². The third kappa shape index (κ3) is 5.92. The first kappa shape index (κ1) is 17.0. The van der Waals surface area contributed by atoms with Gasteiger partial charge in [-0.05, 0) is 37.4 Å². The van der Waals surface area contributed by atoms with Gasteiger partial charge in [0.1, 0.15) is 0 Å². The standard InChI is InChI=1S/C15H23F3N2/c1-3-9-20(11-15(16,17)18)10-8-14(19)13-7-5-4-6-12(13)2/h4-7,14H,3,8-11,19H2,1-2H3. The highest BCUT2D eigenvalue weighted by Gasteiger charge is 2.30. The van der Waals surface area contributed by atoms with Crippen LogP contribution in [0.25, 0.3) is 0 Å². The van der Waals surface area contributed by atoms with Crippen LogP contribution in [0, 0.1) is 6.92 Å². The molecule has 0 bridgehead atoms. The maximum atomic E-state index is 12.5. The van der Waals surface area contributed by atoms with E-state index in [2.05, 4.69) is 0 Å². The Bertz CT molecular complexity index is 404. The molecule has 1 atom stereocenters. The zero-order chi connectivity index (χ0) is 15.2. The van der Waals surface area contributed by atoms with Crippen LogP contribution in [-0.4, -0.2) is 30.7 Å². The second kappa shape index (κ2) is 7.64. The van der Waals surface area contributed by atoms with E-state index >= 15 is 0 Å². The molecule has 0 aliphatic carbocycles. The molecule has 1 unspecified atom stereocenters. The van der Waals surface area contributed by atoms with Crippen LogP contribution in [0.1, 0.15) is 36.9 Å². The van der Waals surface area contributed by atoms with Crippen molar-refractivity contribution in [1.29, 1.82) is 0 Å². The number of halogens is 3. The molecule has 0 radical (unpaired) electrons. The van der Waals surface area contributed by atoms with Crippen molar-refractivity contribution < 1.29 is 13.2 Å². The second-order valence-electron chi connectivity index (χ2n) is 5.14. The molecule has 0 aromatic heterocycles. The summed E-state index contributed by atoms with van der Waals surface area (Å²) in [6.45, 7) is 3.80. The largest absolute Gasteiger partial charge is 0.401 e. The van der Waals surface area contributed by atoms with E-state index in [0.29, 0.717) is 25.9 Å². The lowest BCUT2D eigenvalue weighted by molar-refractivity contribution is -0.146. The molecule has 0 heterocycles. The Balaban J connectivity index is 2.56. The quantitative estimate of drug-likeness (QED) is 0.829. The molecule has 0 saturated carbocycles. The molecule has 1 rings (SSSR count). The summed E-state index contributed by atoms with van der Waals surface area (Å²) in [6.07, 6.45) is -2.92. The molecule has 114 valence electrons. The van der Waals surface area contributed by atoms with Crippen molar-refractivity contribution in [2.75, 3.05) is 19.6 Å². The van der Waals surface area contributed by atoms with Gasteiger partial charge in [-0.15, -0.1) is 0 Å². The smallest absolute Gasteiger partial charge is 0.324 e. The second-order valence-corrected chi connectivity index (χ2v) is 5.14. The summed E-state index contributed by atoms with van der Waals surface area (Å²) in [5, 5.41) is 0. The summed E-state index contributed by atoms with van der Waals surface area (Å²) in [7, 11) is 0. The molecule has 5 heteroatoms. The Kier molecular flexibility index (Phi) is 6.49. The fourth-order valence-electron chi connectivity index (χ4n) is 2.32. The van der Waals surface area contributed by atoms with Crippen LogP contribution in [0.15, 0.2) is 24.3 Å². The molecule has 0 saturated heterocycles. The van der Waals surface area contributed by atoms with Gasteiger partial charge < -0.3 is 5.73 Å². The Labute approximate surface area is 118 Å². The minimum Gasteiger partial charge on any atom is -0.324 e. The molecule has 0 aliphatic heterocycles. The molecule has 0 amide bonds. The third-order valence-electron chi connectivity index (χ3n) is 3.29. The summed E-state index contributed by atoms with van der Waals surface area (Å²) >= 11 is 0. The van der Waals surface area contributed by atoms with Gasteiger partial charge in [-0.1, -0.05) is 31.2 Å². The van der Waals surface area contributed by atoms with E-state index < -0.39 is 12.7 Å². The lowest BCUT2D eigenvalue weighted by Crippen LogP contribution is -2.36. The molecule has 2 N–H and O–H groups in total. The van der Waals surface area contributed by atoms with Crippen molar-refractivity contribution >= 4 is 0 Å². The fourth-order valence-corrected chi connectivity index (χ4v) is 2.32. The monoisotopic (exact) mass is 288 g/mol. The highest BCUT2D eigenvalue weighted by molar-refractivity contribution is 5.28. The van der Waals surface area contributed by atoms with Gasteiger partial charge in [0.15, 0.2) is 0 Å². The van der Waals surface area contributed by atoms with E-state index in [1.165, 1.54) is 4.90 Å². The zero-order valence-corrected chi connectivity index (χ0v) is 12.1. The Morgan fingerprint density at radius 2 is 1.85 bits per heavy atom. The lowest BCUT2D eigenvalue weighted by Gasteiger charge is -2.25. The van der Waals surface area contributed by atoms with Gasteiger partial charge in [0.2, 0.25) is 0 Å². The Morgan fingerprint density at radius 3 is 2.40 bits per heavy atom. The number of alkyl halides is 3. The first-order chi connectivity index (χ1) is 9.33. The van der Waals surface area contributed by atoms with Crippen LogP contribution >= 0.6 is 0 Å². The molecular formula is C15H23F3N2. The number of aryl methyl sites for hydroxylation is 1.